The normalized spacial score (nSPS) is 17.3. The number of likely N-dealkylation sites (N-methyl/N-ethyl adjacent to an activating group) is 1. The first-order chi connectivity index (χ1) is 14.7. The Bertz CT molecular complexity index is 1040. The molecule has 0 saturated heterocycles. The van der Waals surface area contributed by atoms with Gasteiger partial charge in [-0.2, -0.15) is 0 Å². The third-order valence-electron chi connectivity index (χ3n) is 5.26. The Hall–Kier alpha value is -3.47. The number of nitrogens with zero attached hydrogens (tertiary/aromatic N) is 3. The minimum atomic E-state index is -1.22. The van der Waals surface area contributed by atoms with Crippen molar-refractivity contribution in [3.63, 3.8) is 0 Å². The van der Waals surface area contributed by atoms with E-state index in [1.54, 1.807) is 6.92 Å². The van der Waals surface area contributed by atoms with Crippen molar-refractivity contribution in [1.29, 1.82) is 0 Å². The molecule has 0 radical (unpaired) electrons. The van der Waals surface area contributed by atoms with Gasteiger partial charge >= 0.3 is 6.09 Å². The van der Waals surface area contributed by atoms with Crippen LogP contribution >= 0.6 is 0 Å². The number of carboxylic acid groups (broad SMARTS) is 1. The Morgan fingerprint density at radius 3 is 2.61 bits per heavy atom. The minimum Gasteiger partial charge on any atom is -0.501 e. The first kappa shape index (κ1) is 22.2. The molecule has 1 aliphatic rings. The van der Waals surface area contributed by atoms with Crippen molar-refractivity contribution in [3.05, 3.63) is 57.5 Å². The van der Waals surface area contributed by atoms with E-state index in [9.17, 15) is 23.9 Å². The lowest BCUT2D eigenvalue weighted by molar-refractivity contribution is 0.0941. The molecule has 10 nitrogen and oxygen atoms in total. The quantitative estimate of drug-likeness (QED) is 0.545. The molecule has 1 aromatic carbocycles. The van der Waals surface area contributed by atoms with Gasteiger partial charge in [-0.3, -0.25) is 14.2 Å². The van der Waals surface area contributed by atoms with E-state index in [4.69, 9.17) is 5.11 Å². The van der Waals surface area contributed by atoms with Gasteiger partial charge in [0.15, 0.2) is 5.69 Å². The Morgan fingerprint density at radius 2 is 1.97 bits per heavy atom. The molecule has 31 heavy (non-hydrogen) atoms. The number of aromatic hydroxyl groups is 1. The number of halogens is 1. The molecule has 2 heterocycles. The van der Waals surface area contributed by atoms with E-state index < -0.39 is 46.8 Å². The predicted octanol–water partition coefficient (Wildman–Crippen LogP) is 0.703. The fraction of sp³-hybridized carbons (Fsp3) is 0.400. The molecule has 4 N–H and O–H groups in total. The number of benzene rings is 1. The van der Waals surface area contributed by atoms with Crippen molar-refractivity contribution in [3.8, 4) is 5.75 Å². The summed E-state index contributed by atoms with van der Waals surface area (Å²) in [6.07, 6.45) is -1.22. The largest absolute Gasteiger partial charge is 0.501 e. The standard InChI is InChI=1S/C20H24FN5O5/c1-11(23-20(30)31)14-10-25(2)7-8-26-17(14)24-15(16(27)19(26)29)18(28)22-9-12-3-5-13(21)6-4-12/h3-6,11,14,23,27H,7-10H2,1-2H3,(H,22,28)(H,30,31). The van der Waals surface area contributed by atoms with Gasteiger partial charge in [-0.15, -0.1) is 0 Å². The Kier molecular flexibility index (Phi) is 6.54. The Labute approximate surface area is 177 Å². The second-order valence-corrected chi connectivity index (χ2v) is 7.54. The topological polar surface area (TPSA) is 137 Å². The van der Waals surface area contributed by atoms with E-state index in [2.05, 4.69) is 15.6 Å². The predicted molar refractivity (Wildman–Crippen MR) is 109 cm³/mol. The molecule has 2 amide bonds. The monoisotopic (exact) mass is 433 g/mol. The van der Waals surface area contributed by atoms with Crippen LogP contribution in [0.15, 0.2) is 29.1 Å². The summed E-state index contributed by atoms with van der Waals surface area (Å²) >= 11 is 0. The van der Waals surface area contributed by atoms with Crippen molar-refractivity contribution >= 4 is 12.0 Å². The summed E-state index contributed by atoms with van der Waals surface area (Å²) in [5.41, 5.74) is -0.574. The summed E-state index contributed by atoms with van der Waals surface area (Å²) in [6, 6.07) is 4.91. The van der Waals surface area contributed by atoms with E-state index in [0.29, 0.717) is 18.7 Å². The summed E-state index contributed by atoms with van der Waals surface area (Å²) in [5, 5.41) is 24.4. The van der Waals surface area contributed by atoms with Gasteiger partial charge in [-0.05, 0) is 31.7 Å². The average molecular weight is 433 g/mol. The summed E-state index contributed by atoms with van der Waals surface area (Å²) in [6.45, 7) is 2.81. The van der Waals surface area contributed by atoms with Crippen LogP contribution in [-0.4, -0.2) is 62.8 Å². The molecule has 2 atom stereocenters. The number of aromatic nitrogens is 2. The number of hydrogen-bond acceptors (Lipinski definition) is 6. The number of fused-ring (bicyclic) bond motifs is 1. The van der Waals surface area contributed by atoms with E-state index in [-0.39, 0.29) is 18.9 Å². The van der Waals surface area contributed by atoms with E-state index in [0.717, 1.165) is 0 Å². The first-order valence-electron chi connectivity index (χ1n) is 9.71. The summed E-state index contributed by atoms with van der Waals surface area (Å²) < 4.78 is 14.3. The van der Waals surface area contributed by atoms with Gasteiger partial charge in [0, 0.05) is 32.2 Å². The second-order valence-electron chi connectivity index (χ2n) is 7.54. The fourth-order valence-corrected chi connectivity index (χ4v) is 3.54. The highest BCUT2D eigenvalue weighted by molar-refractivity contribution is 5.94. The van der Waals surface area contributed by atoms with Crippen molar-refractivity contribution in [2.45, 2.75) is 32.0 Å². The molecule has 166 valence electrons. The molecular formula is C20H24FN5O5. The fourth-order valence-electron chi connectivity index (χ4n) is 3.54. The maximum atomic E-state index is 13.0. The van der Waals surface area contributed by atoms with Crippen LogP contribution in [0.25, 0.3) is 0 Å². The molecule has 1 aromatic heterocycles. The number of carbonyl (C=O) groups excluding carboxylic acids is 1. The van der Waals surface area contributed by atoms with Gasteiger partial charge in [0.1, 0.15) is 11.6 Å². The summed E-state index contributed by atoms with van der Waals surface area (Å²) in [5.74, 6) is -2.26. The van der Waals surface area contributed by atoms with Crippen LogP contribution in [0, 0.1) is 5.82 Å². The Morgan fingerprint density at radius 1 is 1.29 bits per heavy atom. The van der Waals surface area contributed by atoms with Gasteiger partial charge < -0.3 is 25.7 Å². The minimum absolute atomic E-state index is 0.0434. The number of carbonyl (C=O) groups is 2. The van der Waals surface area contributed by atoms with Crippen LogP contribution in [0.2, 0.25) is 0 Å². The van der Waals surface area contributed by atoms with Gasteiger partial charge in [0.2, 0.25) is 5.75 Å². The van der Waals surface area contributed by atoms with Crippen molar-refractivity contribution in [2.24, 2.45) is 0 Å². The molecule has 0 fully saturated rings. The number of hydrogen-bond donors (Lipinski definition) is 4. The van der Waals surface area contributed by atoms with Gasteiger partial charge in [-0.25, -0.2) is 14.2 Å². The lowest BCUT2D eigenvalue weighted by Crippen LogP contribution is -2.41. The zero-order valence-corrected chi connectivity index (χ0v) is 17.1. The summed E-state index contributed by atoms with van der Waals surface area (Å²) in [7, 11) is 1.83. The highest BCUT2D eigenvalue weighted by Gasteiger charge is 2.32. The lowest BCUT2D eigenvalue weighted by atomic mass is 9.99. The third-order valence-corrected chi connectivity index (χ3v) is 5.26. The molecule has 0 bridgehead atoms. The molecule has 0 aliphatic carbocycles. The SMILES string of the molecule is CC(NC(=O)O)C1CN(C)CCn2c1nc(C(=O)NCc1ccc(F)cc1)c(O)c2=O. The van der Waals surface area contributed by atoms with E-state index >= 15 is 0 Å². The molecule has 11 heteroatoms. The van der Waals surface area contributed by atoms with Crippen LogP contribution < -0.4 is 16.2 Å². The van der Waals surface area contributed by atoms with Gasteiger partial charge in [0.05, 0.1) is 5.92 Å². The molecular weight excluding hydrogens is 409 g/mol. The van der Waals surface area contributed by atoms with Gasteiger partial charge in [-0.1, -0.05) is 12.1 Å². The molecule has 2 unspecified atom stereocenters. The highest BCUT2D eigenvalue weighted by atomic mass is 19.1. The maximum Gasteiger partial charge on any atom is 0.404 e. The van der Waals surface area contributed by atoms with E-state index in [1.807, 2.05) is 11.9 Å². The van der Waals surface area contributed by atoms with Crippen LogP contribution in [0.1, 0.15) is 34.7 Å². The summed E-state index contributed by atoms with van der Waals surface area (Å²) in [4.78, 5) is 42.8. The van der Waals surface area contributed by atoms with Gasteiger partial charge in [0.25, 0.3) is 11.5 Å². The van der Waals surface area contributed by atoms with Crippen LogP contribution in [0.4, 0.5) is 9.18 Å². The van der Waals surface area contributed by atoms with Crippen LogP contribution in [0.5, 0.6) is 5.75 Å². The van der Waals surface area contributed by atoms with Crippen molar-refractivity contribution in [1.82, 2.24) is 25.1 Å². The molecule has 3 rings (SSSR count). The maximum absolute atomic E-state index is 13.0. The number of nitrogens with one attached hydrogen (secondary N) is 2. The number of amides is 2. The molecule has 2 aromatic rings. The zero-order valence-electron chi connectivity index (χ0n) is 17.1. The first-order valence-corrected chi connectivity index (χ1v) is 9.71. The van der Waals surface area contributed by atoms with Crippen molar-refractivity contribution < 1.29 is 24.2 Å². The molecule has 1 aliphatic heterocycles. The number of rotatable bonds is 5. The zero-order chi connectivity index (χ0) is 22.7. The molecule has 0 saturated carbocycles. The Balaban J connectivity index is 1.94. The molecule has 0 spiro atoms. The van der Waals surface area contributed by atoms with Crippen LogP contribution in [0.3, 0.4) is 0 Å². The van der Waals surface area contributed by atoms with Crippen LogP contribution in [-0.2, 0) is 13.1 Å². The van der Waals surface area contributed by atoms with E-state index in [1.165, 1.54) is 28.8 Å². The smallest absolute Gasteiger partial charge is 0.404 e. The van der Waals surface area contributed by atoms with Crippen molar-refractivity contribution in [2.75, 3.05) is 20.1 Å². The third kappa shape index (κ3) is 5.00. The average Bonchev–Trinajstić information content (AvgIpc) is 2.88. The lowest BCUT2D eigenvalue weighted by Gasteiger charge is -2.26. The highest BCUT2D eigenvalue weighted by Crippen LogP contribution is 2.24. The second kappa shape index (κ2) is 9.13.